The number of anilines is 1. The molecule has 92 valence electrons. The van der Waals surface area contributed by atoms with Gasteiger partial charge in [0.05, 0.1) is 5.56 Å². The number of benzene rings is 1. The summed E-state index contributed by atoms with van der Waals surface area (Å²) >= 11 is 0. The number of hydrogen-bond donors (Lipinski definition) is 1. The van der Waals surface area contributed by atoms with Crippen LogP contribution in [-0.2, 0) is 0 Å². The predicted octanol–water partition coefficient (Wildman–Crippen LogP) is 2.74. The van der Waals surface area contributed by atoms with Gasteiger partial charge in [-0.25, -0.2) is 0 Å². The van der Waals surface area contributed by atoms with Gasteiger partial charge < -0.3 is 10.2 Å². The first-order chi connectivity index (χ1) is 8.24. The Balaban J connectivity index is 2.18. The number of nitrogens with zero attached hydrogens (tertiary/aromatic N) is 1. The van der Waals surface area contributed by atoms with Gasteiger partial charge in [-0.2, -0.15) is 0 Å². The van der Waals surface area contributed by atoms with Crippen molar-refractivity contribution < 1.29 is 4.79 Å². The molecular formula is C14H20N2O. The first-order valence-electron chi connectivity index (χ1n) is 6.28. The summed E-state index contributed by atoms with van der Waals surface area (Å²) in [5.74, 6) is 0.127. The van der Waals surface area contributed by atoms with Crippen LogP contribution in [0.1, 0.15) is 36.0 Å². The molecule has 1 aliphatic rings. The predicted molar refractivity (Wildman–Crippen MR) is 70.3 cm³/mol. The van der Waals surface area contributed by atoms with Crippen LogP contribution in [0.5, 0.6) is 0 Å². The van der Waals surface area contributed by atoms with Crippen LogP contribution in [0.3, 0.4) is 0 Å². The van der Waals surface area contributed by atoms with E-state index in [2.05, 4.69) is 5.32 Å². The van der Waals surface area contributed by atoms with Gasteiger partial charge in [-0.1, -0.05) is 25.0 Å². The van der Waals surface area contributed by atoms with Gasteiger partial charge in [0.25, 0.3) is 5.91 Å². The molecule has 0 heterocycles. The van der Waals surface area contributed by atoms with Crippen LogP contribution < -0.4 is 5.32 Å². The highest BCUT2D eigenvalue weighted by Gasteiger charge is 2.25. The maximum Gasteiger partial charge on any atom is 0.255 e. The van der Waals surface area contributed by atoms with E-state index in [1.165, 1.54) is 12.8 Å². The van der Waals surface area contributed by atoms with Crippen molar-refractivity contribution in [1.29, 1.82) is 0 Å². The van der Waals surface area contributed by atoms with Crippen LogP contribution in [0.4, 0.5) is 5.69 Å². The summed E-state index contributed by atoms with van der Waals surface area (Å²) < 4.78 is 0. The van der Waals surface area contributed by atoms with Gasteiger partial charge in [0.2, 0.25) is 0 Å². The highest BCUT2D eigenvalue weighted by atomic mass is 16.2. The molecular weight excluding hydrogens is 212 g/mol. The molecule has 1 fully saturated rings. The fourth-order valence-corrected chi connectivity index (χ4v) is 2.53. The second kappa shape index (κ2) is 5.21. The summed E-state index contributed by atoms with van der Waals surface area (Å²) in [6.07, 6.45) is 4.78. The average Bonchev–Trinajstić information content (AvgIpc) is 2.90. The molecule has 3 nitrogen and oxygen atoms in total. The zero-order chi connectivity index (χ0) is 12.3. The maximum atomic E-state index is 12.4. The Labute approximate surface area is 103 Å². The Morgan fingerprint density at radius 3 is 2.59 bits per heavy atom. The van der Waals surface area contributed by atoms with Gasteiger partial charge in [-0.3, -0.25) is 4.79 Å². The zero-order valence-corrected chi connectivity index (χ0v) is 10.6. The van der Waals surface area contributed by atoms with Gasteiger partial charge in [-0.05, 0) is 25.0 Å². The minimum atomic E-state index is 0.127. The van der Waals surface area contributed by atoms with Gasteiger partial charge in [0.1, 0.15) is 0 Å². The molecule has 1 N–H and O–H groups in total. The molecule has 1 amide bonds. The average molecular weight is 232 g/mol. The molecule has 1 saturated carbocycles. The molecule has 1 aliphatic carbocycles. The number of carbonyl (C=O) groups excluding carboxylic acids is 1. The zero-order valence-electron chi connectivity index (χ0n) is 10.6. The first kappa shape index (κ1) is 12.0. The Morgan fingerprint density at radius 2 is 1.94 bits per heavy atom. The lowest BCUT2D eigenvalue weighted by Gasteiger charge is -2.25. The normalized spacial score (nSPS) is 15.9. The minimum Gasteiger partial charge on any atom is -0.387 e. The summed E-state index contributed by atoms with van der Waals surface area (Å²) in [6, 6.07) is 8.11. The molecule has 0 aliphatic heterocycles. The van der Waals surface area contributed by atoms with Crippen LogP contribution >= 0.6 is 0 Å². The van der Waals surface area contributed by atoms with E-state index in [1.54, 1.807) is 0 Å². The van der Waals surface area contributed by atoms with Crippen molar-refractivity contribution in [3.63, 3.8) is 0 Å². The smallest absolute Gasteiger partial charge is 0.255 e. The van der Waals surface area contributed by atoms with Gasteiger partial charge in [0, 0.05) is 25.8 Å². The second-order valence-corrected chi connectivity index (χ2v) is 4.65. The van der Waals surface area contributed by atoms with Gasteiger partial charge in [0.15, 0.2) is 0 Å². The molecule has 2 rings (SSSR count). The molecule has 0 saturated heterocycles. The number of rotatable bonds is 3. The fourth-order valence-electron chi connectivity index (χ4n) is 2.53. The number of para-hydroxylation sites is 1. The third-order valence-electron chi connectivity index (χ3n) is 3.62. The largest absolute Gasteiger partial charge is 0.387 e. The standard InChI is InChI=1S/C14H20N2O/c1-15-13-10-6-5-9-12(13)14(17)16(2)11-7-3-4-8-11/h5-6,9-11,15H,3-4,7-8H2,1-2H3. The van der Waals surface area contributed by atoms with Crippen molar-refractivity contribution in [2.75, 3.05) is 19.4 Å². The molecule has 0 unspecified atom stereocenters. The van der Waals surface area contributed by atoms with Gasteiger partial charge in [-0.15, -0.1) is 0 Å². The van der Waals surface area contributed by atoms with E-state index in [0.717, 1.165) is 24.1 Å². The first-order valence-corrected chi connectivity index (χ1v) is 6.28. The van der Waals surface area contributed by atoms with Crippen molar-refractivity contribution in [1.82, 2.24) is 4.90 Å². The lowest BCUT2D eigenvalue weighted by Crippen LogP contribution is -2.35. The van der Waals surface area contributed by atoms with E-state index in [9.17, 15) is 4.79 Å². The van der Waals surface area contributed by atoms with E-state index in [0.29, 0.717) is 6.04 Å². The third-order valence-corrected chi connectivity index (χ3v) is 3.62. The summed E-state index contributed by atoms with van der Waals surface area (Å²) in [6.45, 7) is 0. The van der Waals surface area contributed by atoms with Crippen LogP contribution in [-0.4, -0.2) is 30.9 Å². The molecule has 0 bridgehead atoms. The van der Waals surface area contributed by atoms with Crippen LogP contribution in [0.2, 0.25) is 0 Å². The molecule has 1 aromatic carbocycles. The molecule has 1 aromatic rings. The molecule has 0 atom stereocenters. The monoisotopic (exact) mass is 232 g/mol. The van der Waals surface area contributed by atoms with Crippen molar-refractivity contribution in [2.24, 2.45) is 0 Å². The van der Waals surface area contributed by atoms with Crippen LogP contribution in [0.25, 0.3) is 0 Å². The lowest BCUT2D eigenvalue weighted by atomic mass is 10.1. The third kappa shape index (κ3) is 2.43. The molecule has 0 radical (unpaired) electrons. The number of carbonyl (C=O) groups is 1. The number of hydrogen-bond acceptors (Lipinski definition) is 2. The van der Waals surface area contributed by atoms with Crippen molar-refractivity contribution in [3.05, 3.63) is 29.8 Å². The SMILES string of the molecule is CNc1ccccc1C(=O)N(C)C1CCCC1. The molecule has 0 spiro atoms. The minimum absolute atomic E-state index is 0.127. The topological polar surface area (TPSA) is 32.3 Å². The quantitative estimate of drug-likeness (QED) is 0.869. The summed E-state index contributed by atoms with van der Waals surface area (Å²) in [5, 5.41) is 3.07. The molecule has 3 heteroatoms. The van der Waals surface area contributed by atoms with E-state index in [4.69, 9.17) is 0 Å². The number of nitrogens with one attached hydrogen (secondary N) is 1. The van der Waals surface area contributed by atoms with Crippen molar-refractivity contribution in [3.8, 4) is 0 Å². The van der Waals surface area contributed by atoms with Crippen LogP contribution in [0, 0.1) is 0 Å². The van der Waals surface area contributed by atoms with Crippen LogP contribution in [0.15, 0.2) is 24.3 Å². The highest BCUT2D eigenvalue weighted by molar-refractivity contribution is 5.99. The maximum absolute atomic E-state index is 12.4. The van der Waals surface area contributed by atoms with Crippen molar-refractivity contribution in [2.45, 2.75) is 31.7 Å². The lowest BCUT2D eigenvalue weighted by molar-refractivity contribution is 0.0736. The van der Waals surface area contributed by atoms with E-state index in [1.807, 2.05) is 43.3 Å². The van der Waals surface area contributed by atoms with Gasteiger partial charge >= 0.3 is 0 Å². The molecule has 17 heavy (non-hydrogen) atoms. The highest BCUT2D eigenvalue weighted by Crippen LogP contribution is 2.25. The van der Waals surface area contributed by atoms with E-state index < -0.39 is 0 Å². The Kier molecular flexibility index (Phi) is 3.67. The molecule has 0 aromatic heterocycles. The van der Waals surface area contributed by atoms with E-state index in [-0.39, 0.29) is 5.91 Å². The van der Waals surface area contributed by atoms with E-state index >= 15 is 0 Å². The fraction of sp³-hybridized carbons (Fsp3) is 0.500. The summed E-state index contributed by atoms with van der Waals surface area (Å²) in [5.41, 5.74) is 1.67. The summed E-state index contributed by atoms with van der Waals surface area (Å²) in [7, 11) is 3.77. The summed E-state index contributed by atoms with van der Waals surface area (Å²) in [4.78, 5) is 14.3. The Morgan fingerprint density at radius 1 is 1.29 bits per heavy atom. The Bertz CT molecular complexity index is 397. The second-order valence-electron chi connectivity index (χ2n) is 4.65. The van der Waals surface area contributed by atoms with Crippen molar-refractivity contribution >= 4 is 11.6 Å². The Hall–Kier alpha value is -1.51. The number of amides is 1.